The van der Waals surface area contributed by atoms with Crippen molar-refractivity contribution in [3.05, 3.63) is 58.5 Å². The molecular weight excluding hydrogens is 448 g/mol. The first-order valence-electron chi connectivity index (χ1n) is 11.5. The second-order valence-electron chi connectivity index (χ2n) is 8.37. The fourth-order valence-corrected chi connectivity index (χ4v) is 5.90. The van der Waals surface area contributed by atoms with Crippen LogP contribution in [0.4, 0.5) is 0 Å². The van der Waals surface area contributed by atoms with E-state index in [1.54, 1.807) is 17.4 Å². The summed E-state index contributed by atoms with van der Waals surface area (Å²) in [7, 11) is 0. The molecule has 0 bridgehead atoms. The number of aryl methyl sites for hydroxylation is 1. The SMILES string of the molecule is C=C/C(C#N)=C\C1=C(C)NNC1c1csc(-c2ncc(C)n2CC2CCSCC2)n1.CCC. The number of nitrogens with zero attached hydrogens (tertiary/aromatic N) is 4. The summed E-state index contributed by atoms with van der Waals surface area (Å²) in [6.07, 6.45) is 9.18. The van der Waals surface area contributed by atoms with E-state index in [9.17, 15) is 5.26 Å². The molecule has 4 rings (SSSR count). The Balaban J connectivity index is 0.000000968. The van der Waals surface area contributed by atoms with E-state index in [2.05, 4.69) is 71.0 Å². The summed E-state index contributed by atoms with van der Waals surface area (Å²) < 4.78 is 2.33. The molecule has 8 heteroatoms. The van der Waals surface area contributed by atoms with Gasteiger partial charge in [-0.25, -0.2) is 15.4 Å². The van der Waals surface area contributed by atoms with Gasteiger partial charge in [-0.3, -0.25) is 0 Å². The molecule has 0 radical (unpaired) electrons. The Bertz CT molecular complexity index is 1050. The number of allylic oxidation sites excluding steroid dienone is 3. The van der Waals surface area contributed by atoms with Crippen LogP contribution in [-0.4, -0.2) is 26.0 Å². The summed E-state index contributed by atoms with van der Waals surface area (Å²) in [5.74, 6) is 4.18. The number of thioether (sulfide) groups is 1. The number of hydrazine groups is 1. The van der Waals surface area contributed by atoms with E-state index in [0.717, 1.165) is 34.3 Å². The van der Waals surface area contributed by atoms with Crippen molar-refractivity contribution in [1.29, 1.82) is 5.26 Å². The van der Waals surface area contributed by atoms with Crippen molar-refractivity contribution in [3.8, 4) is 16.9 Å². The molecular formula is C25H34N6S2. The molecule has 1 atom stereocenters. The number of thiazole rings is 1. The van der Waals surface area contributed by atoms with Gasteiger partial charge in [0.25, 0.3) is 0 Å². The maximum atomic E-state index is 9.27. The number of imidazole rings is 1. The van der Waals surface area contributed by atoms with Gasteiger partial charge in [0.15, 0.2) is 10.8 Å². The monoisotopic (exact) mass is 482 g/mol. The summed E-state index contributed by atoms with van der Waals surface area (Å²) in [5, 5.41) is 12.3. The van der Waals surface area contributed by atoms with E-state index < -0.39 is 0 Å². The number of hydrogen-bond acceptors (Lipinski definition) is 7. The molecule has 2 aromatic heterocycles. The first kappa shape index (κ1) is 25.3. The zero-order chi connectivity index (χ0) is 23.8. The topological polar surface area (TPSA) is 78.6 Å². The molecule has 2 aromatic rings. The molecule has 0 aromatic carbocycles. The molecule has 1 saturated heterocycles. The van der Waals surface area contributed by atoms with Gasteiger partial charge in [0, 0.05) is 29.5 Å². The Morgan fingerprint density at radius 2 is 2.06 bits per heavy atom. The summed E-state index contributed by atoms with van der Waals surface area (Å²) in [6, 6.07) is 2.06. The largest absolute Gasteiger partial charge is 0.326 e. The van der Waals surface area contributed by atoms with E-state index in [0.29, 0.717) is 11.5 Å². The second-order valence-corrected chi connectivity index (χ2v) is 10.5. The maximum absolute atomic E-state index is 9.27. The summed E-state index contributed by atoms with van der Waals surface area (Å²) in [6.45, 7) is 13.1. The summed E-state index contributed by atoms with van der Waals surface area (Å²) in [5.41, 5.74) is 11.1. The van der Waals surface area contributed by atoms with Crippen molar-refractivity contribution in [2.45, 2.75) is 59.5 Å². The molecule has 2 N–H and O–H groups in total. The first-order chi connectivity index (χ1) is 16.0. The Kier molecular flexibility index (Phi) is 9.36. The smallest absolute Gasteiger partial charge is 0.169 e. The molecule has 1 unspecified atom stereocenters. The minimum atomic E-state index is -0.113. The van der Waals surface area contributed by atoms with Crippen LogP contribution < -0.4 is 10.9 Å². The lowest BCUT2D eigenvalue weighted by molar-refractivity contribution is 0.415. The highest BCUT2D eigenvalue weighted by Crippen LogP contribution is 2.33. The molecule has 2 aliphatic heterocycles. The number of hydrogen-bond donors (Lipinski definition) is 2. The Morgan fingerprint density at radius 3 is 2.73 bits per heavy atom. The fraction of sp³-hybridized carbons (Fsp3) is 0.480. The van der Waals surface area contributed by atoms with Gasteiger partial charge in [-0.15, -0.1) is 11.3 Å². The summed E-state index contributed by atoms with van der Waals surface area (Å²) in [4.78, 5) is 9.62. The molecule has 0 saturated carbocycles. The molecule has 33 heavy (non-hydrogen) atoms. The quantitative estimate of drug-likeness (QED) is 0.392. The van der Waals surface area contributed by atoms with E-state index in [4.69, 9.17) is 4.98 Å². The van der Waals surface area contributed by atoms with E-state index in [-0.39, 0.29) is 6.04 Å². The highest BCUT2D eigenvalue weighted by atomic mass is 32.2. The van der Waals surface area contributed by atoms with Gasteiger partial charge in [0.2, 0.25) is 0 Å². The number of rotatable bonds is 6. The minimum Gasteiger partial charge on any atom is -0.326 e. The molecule has 6 nitrogen and oxygen atoms in total. The zero-order valence-electron chi connectivity index (χ0n) is 20.0. The lowest BCUT2D eigenvalue weighted by Crippen LogP contribution is -2.26. The molecule has 1 fully saturated rings. The van der Waals surface area contributed by atoms with Gasteiger partial charge in [-0.2, -0.15) is 17.0 Å². The number of nitrogens with one attached hydrogen (secondary N) is 2. The third kappa shape index (κ3) is 6.17. The van der Waals surface area contributed by atoms with Crippen LogP contribution in [0, 0.1) is 24.2 Å². The van der Waals surface area contributed by atoms with Crippen LogP contribution in [0.3, 0.4) is 0 Å². The van der Waals surface area contributed by atoms with Crippen LogP contribution in [0.15, 0.2) is 47.2 Å². The molecule has 0 spiro atoms. The Labute approximate surface area is 205 Å². The van der Waals surface area contributed by atoms with Gasteiger partial charge < -0.3 is 9.99 Å². The highest BCUT2D eigenvalue weighted by Gasteiger charge is 2.27. The van der Waals surface area contributed by atoms with Crippen molar-refractivity contribution in [2.75, 3.05) is 11.5 Å². The summed E-state index contributed by atoms with van der Waals surface area (Å²) >= 11 is 3.68. The van der Waals surface area contributed by atoms with Crippen LogP contribution >= 0.6 is 23.1 Å². The van der Waals surface area contributed by atoms with Gasteiger partial charge in [-0.05, 0) is 55.8 Å². The van der Waals surface area contributed by atoms with Crippen LogP contribution in [0.2, 0.25) is 0 Å². The van der Waals surface area contributed by atoms with Crippen LogP contribution in [0.5, 0.6) is 0 Å². The third-order valence-corrected chi connectivity index (χ3v) is 7.56. The minimum absolute atomic E-state index is 0.113. The Hall–Kier alpha value is -2.34. The molecule has 0 aliphatic carbocycles. The van der Waals surface area contributed by atoms with Gasteiger partial charge in [-0.1, -0.05) is 32.9 Å². The average Bonchev–Trinajstić information content (AvgIpc) is 3.53. The average molecular weight is 483 g/mol. The molecule has 176 valence electrons. The van der Waals surface area contributed by atoms with E-state index in [1.807, 2.05) is 19.2 Å². The fourth-order valence-electron chi connectivity index (χ4n) is 3.85. The van der Waals surface area contributed by atoms with Crippen molar-refractivity contribution >= 4 is 23.1 Å². The predicted octanol–water partition coefficient (Wildman–Crippen LogP) is 5.93. The Morgan fingerprint density at radius 1 is 1.33 bits per heavy atom. The van der Waals surface area contributed by atoms with Crippen molar-refractivity contribution in [3.63, 3.8) is 0 Å². The third-order valence-electron chi connectivity index (χ3n) is 5.65. The lowest BCUT2D eigenvalue weighted by Gasteiger charge is -2.23. The van der Waals surface area contributed by atoms with Crippen LogP contribution in [-0.2, 0) is 6.54 Å². The van der Waals surface area contributed by atoms with Gasteiger partial charge in [0.05, 0.1) is 23.4 Å². The highest BCUT2D eigenvalue weighted by molar-refractivity contribution is 7.99. The standard InChI is InChI=1S/C22H26N6S2.C3H8/c1-4-16(10-23)9-18-15(3)26-27-20(18)19-13-30-22(25-19)21-24-11-14(2)28(21)12-17-5-7-29-8-6-17;1-3-2/h4,9,11,13,17,20,26-27H,1,5-8,12H2,2-3H3;3H2,1-2H3/b16-9+;. The van der Waals surface area contributed by atoms with E-state index >= 15 is 0 Å². The van der Waals surface area contributed by atoms with Crippen molar-refractivity contribution < 1.29 is 0 Å². The number of aromatic nitrogens is 3. The molecule has 0 amide bonds. The molecule has 2 aliphatic rings. The normalized spacial score (nSPS) is 19.0. The first-order valence-corrected chi connectivity index (χ1v) is 13.6. The van der Waals surface area contributed by atoms with Crippen molar-refractivity contribution in [2.24, 2.45) is 5.92 Å². The van der Waals surface area contributed by atoms with Gasteiger partial charge >= 0.3 is 0 Å². The van der Waals surface area contributed by atoms with E-state index in [1.165, 1.54) is 36.5 Å². The predicted molar refractivity (Wildman–Crippen MR) is 140 cm³/mol. The maximum Gasteiger partial charge on any atom is 0.169 e. The van der Waals surface area contributed by atoms with Gasteiger partial charge in [0.1, 0.15) is 0 Å². The second kappa shape index (κ2) is 12.2. The van der Waals surface area contributed by atoms with Crippen molar-refractivity contribution in [1.82, 2.24) is 25.4 Å². The van der Waals surface area contributed by atoms with Crippen LogP contribution in [0.25, 0.3) is 10.8 Å². The molecule has 4 heterocycles. The van der Waals surface area contributed by atoms with Crippen LogP contribution in [0.1, 0.15) is 57.5 Å². The lowest BCUT2D eigenvalue weighted by atomic mass is 10.0. The zero-order valence-corrected chi connectivity index (χ0v) is 21.7. The number of nitriles is 1.